The van der Waals surface area contributed by atoms with E-state index >= 15 is 0 Å². The molecule has 9 nitrogen and oxygen atoms in total. The molecular formula is C30H32N2O7. The van der Waals surface area contributed by atoms with Gasteiger partial charge in [-0.15, -0.1) is 0 Å². The summed E-state index contributed by atoms with van der Waals surface area (Å²) in [6.07, 6.45) is 0.967. The van der Waals surface area contributed by atoms with Crippen LogP contribution in [0, 0.1) is 5.92 Å². The normalized spacial score (nSPS) is 20.3. The molecule has 204 valence electrons. The second-order valence-corrected chi connectivity index (χ2v) is 9.29. The van der Waals surface area contributed by atoms with Crippen LogP contribution in [0.15, 0.2) is 66.7 Å². The Hall–Kier alpha value is -4.24. The molecule has 0 saturated carbocycles. The third kappa shape index (κ3) is 4.63. The van der Waals surface area contributed by atoms with Crippen LogP contribution in [0.4, 0.5) is 11.4 Å². The summed E-state index contributed by atoms with van der Waals surface area (Å²) in [7, 11) is 4.59. The second-order valence-electron chi connectivity index (χ2n) is 9.29. The van der Waals surface area contributed by atoms with E-state index in [-0.39, 0.29) is 5.91 Å². The third-order valence-electron chi connectivity index (χ3n) is 7.04. The maximum Gasteiger partial charge on any atom is 0.266 e. The number of benzene rings is 3. The Morgan fingerprint density at radius 1 is 0.795 bits per heavy atom. The summed E-state index contributed by atoms with van der Waals surface area (Å²) >= 11 is 0. The standard InChI is InChI=1S/C30H32N2O7/c1-5-6-18-38-21-14-12-19(13-15-21)31-29(33)24-25(22-16-17-23(35-2)27(37-4)26(22)36-3)32(39-28(24)30(31)34)20-10-8-7-9-11-20/h7-17,24-25,28H,5-6,18H2,1-4H3/t24-,25-,28-/m0/s1. The molecule has 5 rings (SSSR count). The highest BCUT2D eigenvalue weighted by atomic mass is 16.7. The molecule has 0 aromatic heterocycles. The summed E-state index contributed by atoms with van der Waals surface area (Å²) < 4.78 is 22.6. The van der Waals surface area contributed by atoms with Crippen LogP contribution in [0.5, 0.6) is 23.0 Å². The summed E-state index contributed by atoms with van der Waals surface area (Å²) in [6.45, 7) is 2.71. The molecule has 0 aliphatic carbocycles. The van der Waals surface area contributed by atoms with Crippen LogP contribution >= 0.6 is 0 Å². The fourth-order valence-electron chi connectivity index (χ4n) is 5.17. The van der Waals surface area contributed by atoms with Crippen molar-refractivity contribution in [3.63, 3.8) is 0 Å². The predicted molar refractivity (Wildman–Crippen MR) is 145 cm³/mol. The quantitative estimate of drug-likeness (QED) is 0.268. The molecule has 2 fully saturated rings. The number of para-hydroxylation sites is 1. The van der Waals surface area contributed by atoms with Crippen molar-refractivity contribution in [2.75, 3.05) is 37.9 Å². The largest absolute Gasteiger partial charge is 0.494 e. The number of imide groups is 1. The van der Waals surface area contributed by atoms with Crippen LogP contribution in [0.25, 0.3) is 0 Å². The van der Waals surface area contributed by atoms with Crippen molar-refractivity contribution >= 4 is 23.2 Å². The summed E-state index contributed by atoms with van der Waals surface area (Å²) in [6, 6.07) is 19.2. The highest BCUT2D eigenvalue weighted by molar-refractivity contribution is 6.24. The number of hydrogen-bond donors (Lipinski definition) is 0. The van der Waals surface area contributed by atoms with Crippen LogP contribution in [-0.4, -0.2) is 45.9 Å². The second kappa shape index (κ2) is 11.2. The van der Waals surface area contributed by atoms with Crippen LogP contribution in [-0.2, 0) is 14.4 Å². The highest BCUT2D eigenvalue weighted by Crippen LogP contribution is 2.52. The van der Waals surface area contributed by atoms with Gasteiger partial charge in [-0.05, 0) is 55.0 Å². The number of nitrogens with zero attached hydrogens (tertiary/aromatic N) is 2. The number of carbonyl (C=O) groups is 2. The van der Waals surface area contributed by atoms with Gasteiger partial charge in [-0.25, -0.2) is 9.96 Å². The first kappa shape index (κ1) is 26.4. The van der Waals surface area contributed by atoms with Crippen molar-refractivity contribution in [1.82, 2.24) is 0 Å². The Morgan fingerprint density at radius 2 is 1.51 bits per heavy atom. The van der Waals surface area contributed by atoms with E-state index in [0.29, 0.717) is 46.5 Å². The van der Waals surface area contributed by atoms with E-state index in [0.717, 1.165) is 12.8 Å². The van der Waals surface area contributed by atoms with Gasteiger partial charge in [0, 0.05) is 5.56 Å². The molecule has 0 bridgehead atoms. The Labute approximate surface area is 227 Å². The average molecular weight is 533 g/mol. The fraction of sp³-hybridized carbons (Fsp3) is 0.333. The topological polar surface area (TPSA) is 86.8 Å². The number of hydrogen-bond acceptors (Lipinski definition) is 8. The molecule has 9 heteroatoms. The van der Waals surface area contributed by atoms with Gasteiger partial charge in [0.2, 0.25) is 11.7 Å². The number of amides is 2. The Balaban J connectivity index is 1.55. The lowest BCUT2D eigenvalue weighted by Gasteiger charge is -2.30. The van der Waals surface area contributed by atoms with Crippen LogP contribution in [0.2, 0.25) is 0 Å². The monoisotopic (exact) mass is 532 g/mol. The lowest BCUT2D eigenvalue weighted by Crippen LogP contribution is -2.37. The van der Waals surface area contributed by atoms with Crippen molar-refractivity contribution in [3.05, 3.63) is 72.3 Å². The molecule has 0 radical (unpaired) electrons. The molecule has 39 heavy (non-hydrogen) atoms. The van der Waals surface area contributed by atoms with E-state index in [1.165, 1.54) is 19.1 Å². The van der Waals surface area contributed by atoms with Gasteiger partial charge in [-0.1, -0.05) is 31.5 Å². The van der Waals surface area contributed by atoms with Crippen LogP contribution in [0.1, 0.15) is 31.4 Å². The van der Waals surface area contributed by atoms with Gasteiger partial charge < -0.3 is 18.9 Å². The molecule has 2 amide bonds. The van der Waals surface area contributed by atoms with E-state index in [1.54, 1.807) is 42.5 Å². The van der Waals surface area contributed by atoms with Crippen molar-refractivity contribution < 1.29 is 33.4 Å². The van der Waals surface area contributed by atoms with Gasteiger partial charge in [0.25, 0.3) is 5.91 Å². The summed E-state index contributed by atoms with van der Waals surface area (Å²) in [4.78, 5) is 35.1. The Kier molecular flexibility index (Phi) is 7.60. The molecule has 2 saturated heterocycles. The molecule has 3 aromatic rings. The van der Waals surface area contributed by atoms with Gasteiger partial charge >= 0.3 is 0 Å². The van der Waals surface area contributed by atoms with Gasteiger partial charge in [0.05, 0.1) is 39.3 Å². The van der Waals surface area contributed by atoms with Crippen molar-refractivity contribution in [2.45, 2.75) is 31.9 Å². The maximum absolute atomic E-state index is 14.0. The molecule has 2 aliphatic heterocycles. The minimum Gasteiger partial charge on any atom is -0.494 e. The lowest BCUT2D eigenvalue weighted by molar-refractivity contribution is -0.126. The molecule has 3 atom stereocenters. The Bertz CT molecular complexity index is 1330. The van der Waals surface area contributed by atoms with E-state index in [2.05, 4.69) is 6.92 Å². The zero-order valence-corrected chi connectivity index (χ0v) is 22.5. The van der Waals surface area contributed by atoms with E-state index in [1.807, 2.05) is 36.4 Å². The van der Waals surface area contributed by atoms with Gasteiger partial charge in [0.15, 0.2) is 17.6 Å². The zero-order valence-electron chi connectivity index (χ0n) is 22.5. The molecule has 3 aromatic carbocycles. The van der Waals surface area contributed by atoms with Crippen molar-refractivity contribution in [1.29, 1.82) is 0 Å². The summed E-state index contributed by atoms with van der Waals surface area (Å²) in [5.41, 5.74) is 1.80. The number of carbonyl (C=O) groups excluding carboxylic acids is 2. The number of fused-ring (bicyclic) bond motifs is 1. The van der Waals surface area contributed by atoms with Gasteiger partial charge in [0.1, 0.15) is 17.7 Å². The molecular weight excluding hydrogens is 500 g/mol. The smallest absolute Gasteiger partial charge is 0.266 e. The number of unbranched alkanes of at least 4 members (excludes halogenated alkanes) is 1. The first-order valence-corrected chi connectivity index (χ1v) is 12.9. The number of methoxy groups -OCH3 is 3. The number of anilines is 2. The first-order valence-electron chi connectivity index (χ1n) is 12.9. The fourth-order valence-corrected chi connectivity index (χ4v) is 5.17. The minimum absolute atomic E-state index is 0.357. The maximum atomic E-state index is 14.0. The predicted octanol–water partition coefficient (Wildman–Crippen LogP) is 4.94. The molecule has 0 N–H and O–H groups in total. The van der Waals surface area contributed by atoms with E-state index < -0.39 is 24.0 Å². The van der Waals surface area contributed by atoms with Gasteiger partial charge in [-0.2, -0.15) is 0 Å². The molecule has 0 spiro atoms. The summed E-state index contributed by atoms with van der Waals surface area (Å²) in [5, 5.41) is 1.62. The molecule has 0 unspecified atom stereocenters. The van der Waals surface area contributed by atoms with Crippen LogP contribution < -0.4 is 28.9 Å². The van der Waals surface area contributed by atoms with Crippen molar-refractivity contribution in [3.8, 4) is 23.0 Å². The number of rotatable bonds is 10. The van der Waals surface area contributed by atoms with Crippen LogP contribution in [0.3, 0.4) is 0 Å². The zero-order chi connectivity index (χ0) is 27.5. The highest BCUT2D eigenvalue weighted by Gasteiger charge is 2.61. The number of ether oxygens (including phenoxy) is 4. The number of hydroxylamine groups is 1. The molecule has 2 aliphatic rings. The molecule has 2 heterocycles. The lowest BCUT2D eigenvalue weighted by atomic mass is 9.89. The average Bonchev–Trinajstić information content (AvgIpc) is 3.48. The minimum atomic E-state index is -1.01. The van der Waals surface area contributed by atoms with E-state index in [9.17, 15) is 9.59 Å². The van der Waals surface area contributed by atoms with E-state index in [4.69, 9.17) is 23.8 Å². The van der Waals surface area contributed by atoms with Gasteiger partial charge in [-0.3, -0.25) is 14.4 Å². The summed E-state index contributed by atoms with van der Waals surface area (Å²) in [5.74, 6) is 0.352. The van der Waals surface area contributed by atoms with Crippen molar-refractivity contribution in [2.24, 2.45) is 5.92 Å². The SMILES string of the molecule is CCCCOc1ccc(N2C(=O)[C@@H]3[C@H](ON(c4ccccc4)[C@H]3c3ccc(OC)c(OC)c3OC)C2=O)cc1. The first-order chi connectivity index (χ1) is 19.0. The Morgan fingerprint density at radius 3 is 2.15 bits per heavy atom. The third-order valence-corrected chi connectivity index (χ3v) is 7.04.